The van der Waals surface area contributed by atoms with Crippen molar-refractivity contribution in [1.29, 1.82) is 0 Å². The van der Waals surface area contributed by atoms with Gasteiger partial charge in [0.2, 0.25) is 5.78 Å². The summed E-state index contributed by atoms with van der Waals surface area (Å²) in [7, 11) is 0. The molecule has 1 saturated heterocycles. The number of aliphatic hydroxyl groups excluding tert-OH is 1. The van der Waals surface area contributed by atoms with Gasteiger partial charge in [0.25, 0.3) is 0 Å². The van der Waals surface area contributed by atoms with Gasteiger partial charge in [-0.25, -0.2) is 4.98 Å². The Hall–Kier alpha value is -2.26. The summed E-state index contributed by atoms with van der Waals surface area (Å²) < 4.78 is 50.7. The van der Waals surface area contributed by atoms with E-state index in [1.54, 1.807) is 0 Å². The third kappa shape index (κ3) is 4.52. The predicted octanol–water partition coefficient (Wildman–Crippen LogP) is 4.18. The number of carbonyl (C=O) groups is 2. The highest BCUT2D eigenvalue weighted by Crippen LogP contribution is 2.43. The number of ketones is 2. The van der Waals surface area contributed by atoms with Crippen molar-refractivity contribution in [3.05, 3.63) is 40.4 Å². The molecule has 31 heavy (non-hydrogen) atoms. The van der Waals surface area contributed by atoms with E-state index in [-0.39, 0.29) is 53.7 Å². The molecule has 9 heteroatoms. The van der Waals surface area contributed by atoms with Crippen molar-refractivity contribution in [3.63, 3.8) is 0 Å². The second kappa shape index (κ2) is 8.70. The highest BCUT2D eigenvalue weighted by atomic mass is 19.4. The third-order valence-corrected chi connectivity index (χ3v) is 6.25. The minimum Gasteiger partial charge on any atom is -0.511 e. The summed E-state index contributed by atoms with van der Waals surface area (Å²) in [5, 5.41) is 10.5. The molecule has 1 aromatic rings. The molecule has 0 radical (unpaired) electrons. The summed E-state index contributed by atoms with van der Waals surface area (Å²) in [6.07, 6.45) is -0.403. The number of hydrogen-bond acceptors (Lipinski definition) is 6. The Labute approximate surface area is 177 Å². The molecule has 1 saturated carbocycles. The first kappa shape index (κ1) is 22.0. The summed E-state index contributed by atoms with van der Waals surface area (Å²) >= 11 is 0. The largest absolute Gasteiger partial charge is 0.511 e. The lowest BCUT2D eigenvalue weighted by Gasteiger charge is -2.23. The molecule has 168 valence electrons. The second-order valence-electron chi connectivity index (χ2n) is 8.35. The monoisotopic (exact) mass is 439 g/mol. The van der Waals surface area contributed by atoms with Gasteiger partial charge in [0.1, 0.15) is 17.0 Å². The minimum absolute atomic E-state index is 0.152. The third-order valence-electron chi connectivity index (χ3n) is 6.25. The number of allylic oxidation sites excluding steroid dienone is 2. The molecule has 3 aliphatic rings. The van der Waals surface area contributed by atoms with Crippen LogP contribution in [-0.2, 0) is 27.1 Å². The van der Waals surface area contributed by atoms with Crippen molar-refractivity contribution >= 4 is 11.6 Å². The van der Waals surface area contributed by atoms with Crippen LogP contribution in [0.5, 0.6) is 0 Å². The average molecular weight is 439 g/mol. The van der Waals surface area contributed by atoms with Crippen molar-refractivity contribution in [3.8, 4) is 0 Å². The zero-order valence-electron chi connectivity index (χ0n) is 16.9. The fourth-order valence-electron chi connectivity index (χ4n) is 4.57. The lowest BCUT2D eigenvalue weighted by molar-refractivity contribution is -0.141. The number of hydrogen-bond donors (Lipinski definition) is 1. The zero-order chi connectivity index (χ0) is 22.2. The van der Waals surface area contributed by atoms with E-state index in [1.807, 2.05) is 0 Å². The maximum atomic E-state index is 13.2. The highest BCUT2D eigenvalue weighted by molar-refractivity contribution is 6.28. The Morgan fingerprint density at radius 1 is 1.19 bits per heavy atom. The lowest BCUT2D eigenvalue weighted by Crippen LogP contribution is -2.28. The topological polar surface area (TPSA) is 85.7 Å². The predicted molar refractivity (Wildman–Crippen MR) is 102 cm³/mol. The van der Waals surface area contributed by atoms with E-state index in [1.165, 1.54) is 0 Å². The molecule has 2 aliphatic carbocycles. The Morgan fingerprint density at radius 2 is 1.97 bits per heavy atom. The smallest absolute Gasteiger partial charge is 0.433 e. The summed E-state index contributed by atoms with van der Waals surface area (Å²) in [5.41, 5.74) is -1.84. The number of ether oxygens (including phenoxy) is 2. The molecule has 2 fully saturated rings. The van der Waals surface area contributed by atoms with Crippen LogP contribution in [0.1, 0.15) is 60.3 Å². The molecule has 2 heterocycles. The van der Waals surface area contributed by atoms with Gasteiger partial charge < -0.3 is 14.6 Å². The van der Waals surface area contributed by atoms with Gasteiger partial charge in [-0.3, -0.25) is 9.59 Å². The van der Waals surface area contributed by atoms with Gasteiger partial charge >= 0.3 is 6.18 Å². The molecular weight excluding hydrogens is 415 g/mol. The van der Waals surface area contributed by atoms with Gasteiger partial charge in [0, 0.05) is 24.0 Å². The van der Waals surface area contributed by atoms with Crippen molar-refractivity contribution in [2.75, 3.05) is 13.2 Å². The van der Waals surface area contributed by atoms with Crippen molar-refractivity contribution in [2.24, 2.45) is 11.8 Å². The van der Waals surface area contributed by atoms with Crippen molar-refractivity contribution in [2.45, 2.75) is 57.4 Å². The molecule has 3 unspecified atom stereocenters. The van der Waals surface area contributed by atoms with E-state index in [2.05, 4.69) is 4.98 Å². The quantitative estimate of drug-likeness (QED) is 0.529. The van der Waals surface area contributed by atoms with Crippen LogP contribution in [0.2, 0.25) is 0 Å². The number of aromatic nitrogens is 1. The number of carbonyl (C=O) groups excluding carboxylic acids is 2. The number of pyridine rings is 1. The molecule has 4 rings (SSSR count). The fraction of sp³-hybridized carbons (Fsp3) is 0.591. The number of nitrogens with zero attached hydrogens (tertiary/aromatic N) is 1. The van der Waals surface area contributed by atoms with E-state index >= 15 is 0 Å². The fourth-order valence-corrected chi connectivity index (χ4v) is 4.57. The Bertz CT molecular complexity index is 905. The maximum Gasteiger partial charge on any atom is 0.433 e. The number of halogens is 3. The van der Waals surface area contributed by atoms with Crippen LogP contribution in [0.3, 0.4) is 0 Å². The van der Waals surface area contributed by atoms with Gasteiger partial charge in [-0.05, 0) is 50.7 Å². The first-order valence-electron chi connectivity index (χ1n) is 10.5. The van der Waals surface area contributed by atoms with Crippen LogP contribution >= 0.6 is 0 Å². The van der Waals surface area contributed by atoms with Gasteiger partial charge in [0.15, 0.2) is 5.78 Å². The minimum atomic E-state index is -4.69. The van der Waals surface area contributed by atoms with Crippen LogP contribution in [0.15, 0.2) is 23.5 Å². The zero-order valence-corrected chi connectivity index (χ0v) is 16.9. The average Bonchev–Trinajstić information content (AvgIpc) is 3.20. The van der Waals surface area contributed by atoms with E-state index in [4.69, 9.17) is 9.47 Å². The molecule has 1 aliphatic heterocycles. The summed E-state index contributed by atoms with van der Waals surface area (Å²) in [6.45, 7) is 0.444. The molecule has 2 bridgehead atoms. The van der Waals surface area contributed by atoms with Gasteiger partial charge in [-0.1, -0.05) is 0 Å². The summed E-state index contributed by atoms with van der Waals surface area (Å²) in [5.74, 6) is -2.09. The SMILES string of the molecule is O=C(C1=C(O)C2CCC(C2)C1=O)c1ccc(C(F)(F)F)nc1COCC1CCCCO1. The van der Waals surface area contributed by atoms with Crippen LogP contribution in [-0.4, -0.2) is 41.0 Å². The number of Topliss-reactive ketones (excluding diaryl/α,β-unsaturated/α-hetero) is 2. The standard InChI is InChI=1S/C22H24F3NO5/c23-22(24,25)17-7-6-15(16(26-17)11-30-10-14-3-1-2-8-31-14)21(29)18-19(27)12-4-5-13(9-12)20(18)28/h6-7,12-14,27H,1-5,8-11H2. The number of fused-ring (bicyclic) bond motifs is 2. The number of alkyl halides is 3. The molecule has 3 atom stereocenters. The van der Waals surface area contributed by atoms with Crippen LogP contribution < -0.4 is 0 Å². The molecule has 0 amide bonds. The lowest BCUT2D eigenvalue weighted by atomic mass is 9.83. The molecule has 0 spiro atoms. The van der Waals surface area contributed by atoms with E-state index in [0.29, 0.717) is 31.9 Å². The molecule has 0 aromatic carbocycles. The van der Waals surface area contributed by atoms with E-state index in [9.17, 15) is 27.9 Å². The summed E-state index contributed by atoms with van der Waals surface area (Å²) in [6, 6.07) is 1.72. The van der Waals surface area contributed by atoms with Crippen LogP contribution in [0.25, 0.3) is 0 Å². The molecule has 6 nitrogen and oxygen atoms in total. The molecular formula is C22H24F3NO5. The second-order valence-corrected chi connectivity index (χ2v) is 8.35. The van der Waals surface area contributed by atoms with Crippen molar-refractivity contribution < 1.29 is 37.3 Å². The number of rotatable bonds is 6. The Kier molecular flexibility index (Phi) is 6.16. The Balaban J connectivity index is 1.60. The van der Waals surface area contributed by atoms with Gasteiger partial charge in [-0.15, -0.1) is 0 Å². The molecule has 1 N–H and O–H groups in total. The van der Waals surface area contributed by atoms with Crippen LogP contribution in [0, 0.1) is 11.8 Å². The van der Waals surface area contributed by atoms with Crippen molar-refractivity contribution in [1.82, 2.24) is 4.98 Å². The highest BCUT2D eigenvalue weighted by Gasteiger charge is 2.44. The first-order valence-corrected chi connectivity index (χ1v) is 10.5. The number of aliphatic hydroxyl groups is 1. The maximum absolute atomic E-state index is 13.2. The molecule has 1 aromatic heterocycles. The first-order chi connectivity index (χ1) is 14.8. The normalized spacial score (nSPS) is 26.4. The van der Waals surface area contributed by atoms with Gasteiger partial charge in [-0.2, -0.15) is 13.2 Å². The van der Waals surface area contributed by atoms with E-state index in [0.717, 1.165) is 25.3 Å². The summed E-state index contributed by atoms with van der Waals surface area (Å²) in [4.78, 5) is 29.4. The Morgan fingerprint density at radius 3 is 2.68 bits per heavy atom. The van der Waals surface area contributed by atoms with E-state index < -0.39 is 23.4 Å². The van der Waals surface area contributed by atoms with Gasteiger partial charge in [0.05, 0.1) is 25.0 Å². The van der Waals surface area contributed by atoms with Crippen LogP contribution in [0.4, 0.5) is 13.2 Å².